The Balaban J connectivity index is 1.40. The average Bonchev–Trinajstić information content (AvgIpc) is 3.15. The lowest BCUT2D eigenvalue weighted by atomic mass is 9.96. The molecule has 1 atom stereocenters. The van der Waals surface area contributed by atoms with Gasteiger partial charge in [-0.25, -0.2) is 0 Å². The first-order valence-corrected chi connectivity index (χ1v) is 9.54. The van der Waals surface area contributed by atoms with Gasteiger partial charge in [0.15, 0.2) is 0 Å². The summed E-state index contributed by atoms with van der Waals surface area (Å²) in [4.78, 5) is 42.1. The highest BCUT2D eigenvalue weighted by Crippen LogP contribution is 2.24. The van der Waals surface area contributed by atoms with Gasteiger partial charge in [0, 0.05) is 30.7 Å². The Bertz CT molecular complexity index is 910. The fourth-order valence-electron chi connectivity index (χ4n) is 4.11. The van der Waals surface area contributed by atoms with Crippen LogP contribution in [0.1, 0.15) is 12.8 Å². The number of aromatic amines is 1. The van der Waals surface area contributed by atoms with Gasteiger partial charge >= 0.3 is 0 Å². The van der Waals surface area contributed by atoms with Crippen molar-refractivity contribution in [1.82, 2.24) is 20.0 Å². The van der Waals surface area contributed by atoms with Crippen molar-refractivity contribution in [2.24, 2.45) is 11.7 Å². The molecule has 1 aromatic heterocycles. The van der Waals surface area contributed by atoms with Crippen LogP contribution in [-0.2, 0) is 14.4 Å². The van der Waals surface area contributed by atoms with Crippen LogP contribution in [0.3, 0.4) is 0 Å². The summed E-state index contributed by atoms with van der Waals surface area (Å²) in [6.45, 7) is 2.50. The molecule has 2 fully saturated rings. The summed E-state index contributed by atoms with van der Waals surface area (Å²) in [6, 6.07) is 5.73. The molecule has 148 valence electrons. The molecule has 3 N–H and O–H groups in total. The third-order valence-corrected chi connectivity index (χ3v) is 5.50. The zero-order valence-corrected chi connectivity index (χ0v) is 15.6. The zero-order chi connectivity index (χ0) is 19.7. The molecule has 2 saturated heterocycles. The smallest absolute Gasteiger partial charge is 0.246 e. The van der Waals surface area contributed by atoms with Gasteiger partial charge in [-0.05, 0) is 37.6 Å². The molecule has 2 aliphatic rings. The highest BCUT2D eigenvalue weighted by atomic mass is 16.2. The van der Waals surface area contributed by atoms with Crippen molar-refractivity contribution < 1.29 is 14.4 Å². The highest BCUT2D eigenvalue weighted by Gasteiger charge is 2.34. The first-order valence-electron chi connectivity index (χ1n) is 9.54. The van der Waals surface area contributed by atoms with E-state index in [1.54, 1.807) is 16.0 Å². The Morgan fingerprint density at radius 1 is 1.25 bits per heavy atom. The first kappa shape index (κ1) is 18.4. The van der Waals surface area contributed by atoms with E-state index in [1.807, 2.05) is 23.1 Å². The third-order valence-electron chi connectivity index (χ3n) is 5.50. The average molecular weight is 384 g/mol. The van der Waals surface area contributed by atoms with Crippen LogP contribution in [0, 0.1) is 5.92 Å². The van der Waals surface area contributed by atoms with Crippen LogP contribution < -0.4 is 10.6 Å². The quantitative estimate of drug-likeness (QED) is 0.766. The van der Waals surface area contributed by atoms with Gasteiger partial charge in [-0.15, -0.1) is 0 Å². The second-order valence-corrected chi connectivity index (χ2v) is 7.49. The number of hydrogen-bond donors (Lipinski definition) is 2. The van der Waals surface area contributed by atoms with Crippen LogP contribution in [0.2, 0.25) is 0 Å². The molecular formula is C19H24N6O3. The molecule has 1 unspecified atom stereocenters. The van der Waals surface area contributed by atoms with Gasteiger partial charge in [-0.2, -0.15) is 5.10 Å². The SMILES string of the molecule is NC(=O)CN1CCCC(C(=O)N2CCN(c3ccc4cn[nH]c4c3)C(=O)C2)C1. The van der Waals surface area contributed by atoms with Gasteiger partial charge < -0.3 is 15.5 Å². The second-order valence-electron chi connectivity index (χ2n) is 7.49. The van der Waals surface area contributed by atoms with E-state index in [2.05, 4.69) is 10.2 Å². The maximum atomic E-state index is 12.9. The van der Waals surface area contributed by atoms with Crippen molar-refractivity contribution in [2.45, 2.75) is 12.8 Å². The van der Waals surface area contributed by atoms with E-state index in [-0.39, 0.29) is 36.7 Å². The van der Waals surface area contributed by atoms with E-state index in [1.165, 1.54) is 0 Å². The Kier molecular flexibility index (Phi) is 4.99. The van der Waals surface area contributed by atoms with E-state index in [4.69, 9.17) is 5.73 Å². The van der Waals surface area contributed by atoms with Crippen molar-refractivity contribution in [1.29, 1.82) is 0 Å². The minimum atomic E-state index is -0.383. The number of anilines is 1. The van der Waals surface area contributed by atoms with Crippen LogP contribution in [0.4, 0.5) is 5.69 Å². The third kappa shape index (κ3) is 3.70. The summed E-state index contributed by atoms with van der Waals surface area (Å²) in [5.41, 5.74) is 6.95. The molecule has 0 aliphatic carbocycles. The Labute approximate surface area is 162 Å². The fourth-order valence-corrected chi connectivity index (χ4v) is 4.11. The number of fused-ring (bicyclic) bond motifs is 1. The molecule has 9 heteroatoms. The summed E-state index contributed by atoms with van der Waals surface area (Å²) < 4.78 is 0. The summed E-state index contributed by atoms with van der Waals surface area (Å²) in [5, 5.41) is 7.90. The number of primary amides is 1. The number of nitrogens with one attached hydrogen (secondary N) is 1. The molecule has 28 heavy (non-hydrogen) atoms. The van der Waals surface area contributed by atoms with Crippen molar-refractivity contribution in [2.75, 3.05) is 44.2 Å². The summed E-state index contributed by atoms with van der Waals surface area (Å²) in [7, 11) is 0. The number of amides is 3. The van der Waals surface area contributed by atoms with Crippen LogP contribution in [0.5, 0.6) is 0 Å². The van der Waals surface area contributed by atoms with Crippen LogP contribution in [0.15, 0.2) is 24.4 Å². The maximum Gasteiger partial charge on any atom is 0.246 e. The van der Waals surface area contributed by atoms with E-state index in [0.29, 0.717) is 19.6 Å². The van der Waals surface area contributed by atoms with Crippen LogP contribution >= 0.6 is 0 Å². The van der Waals surface area contributed by atoms with Gasteiger partial charge in [0.1, 0.15) is 6.54 Å². The molecule has 0 radical (unpaired) electrons. The predicted molar refractivity (Wildman–Crippen MR) is 103 cm³/mol. The molecule has 1 aromatic carbocycles. The lowest BCUT2D eigenvalue weighted by Gasteiger charge is -2.38. The number of carbonyl (C=O) groups excluding carboxylic acids is 3. The fraction of sp³-hybridized carbons (Fsp3) is 0.474. The number of carbonyl (C=O) groups is 3. The van der Waals surface area contributed by atoms with Gasteiger partial charge in [0.05, 0.1) is 24.2 Å². The number of rotatable bonds is 4. The van der Waals surface area contributed by atoms with E-state index >= 15 is 0 Å². The topological polar surface area (TPSA) is 116 Å². The second kappa shape index (κ2) is 7.59. The molecule has 4 rings (SSSR count). The largest absolute Gasteiger partial charge is 0.369 e. The number of nitrogens with two attached hydrogens (primary N) is 1. The van der Waals surface area contributed by atoms with E-state index in [9.17, 15) is 14.4 Å². The highest BCUT2D eigenvalue weighted by molar-refractivity contribution is 5.99. The van der Waals surface area contributed by atoms with Gasteiger partial charge in [0.2, 0.25) is 17.7 Å². The van der Waals surface area contributed by atoms with Crippen LogP contribution in [-0.4, -0.2) is 77.0 Å². The number of H-pyrrole nitrogens is 1. The lowest BCUT2D eigenvalue weighted by molar-refractivity contribution is -0.142. The Morgan fingerprint density at radius 2 is 2.11 bits per heavy atom. The normalized spacial score (nSPS) is 21.3. The molecule has 3 amide bonds. The molecule has 0 spiro atoms. The Morgan fingerprint density at radius 3 is 2.89 bits per heavy atom. The van der Waals surface area contributed by atoms with Gasteiger partial charge in [-0.1, -0.05) is 0 Å². The molecule has 0 saturated carbocycles. The number of nitrogens with zero attached hydrogens (tertiary/aromatic N) is 4. The number of benzene rings is 1. The van der Waals surface area contributed by atoms with Crippen molar-refractivity contribution in [3.8, 4) is 0 Å². The molecule has 0 bridgehead atoms. The number of aromatic nitrogens is 2. The number of piperidine rings is 1. The van der Waals surface area contributed by atoms with E-state index in [0.717, 1.165) is 36.0 Å². The summed E-state index contributed by atoms with van der Waals surface area (Å²) in [6.07, 6.45) is 3.37. The van der Waals surface area contributed by atoms with Crippen LogP contribution in [0.25, 0.3) is 10.9 Å². The number of hydrogen-bond acceptors (Lipinski definition) is 5. The summed E-state index contributed by atoms with van der Waals surface area (Å²) in [5.74, 6) is -0.672. The monoisotopic (exact) mass is 384 g/mol. The van der Waals surface area contributed by atoms with E-state index < -0.39 is 0 Å². The van der Waals surface area contributed by atoms with Crippen molar-refractivity contribution >= 4 is 34.3 Å². The first-order chi connectivity index (χ1) is 13.5. The molecule has 2 aliphatic heterocycles. The zero-order valence-electron chi connectivity index (χ0n) is 15.6. The standard InChI is InChI=1S/C19H24N6O3/c20-17(26)11-23-5-1-2-14(10-23)19(28)24-6-7-25(18(27)12-24)15-4-3-13-9-21-22-16(13)8-15/h3-4,8-9,14H,1-2,5-7,10-12H2,(H2,20,26)(H,21,22). The Hall–Kier alpha value is -2.94. The summed E-state index contributed by atoms with van der Waals surface area (Å²) >= 11 is 0. The molecule has 2 aromatic rings. The molecule has 9 nitrogen and oxygen atoms in total. The minimum absolute atomic E-state index is 0.00816. The van der Waals surface area contributed by atoms with Gasteiger partial charge in [-0.3, -0.25) is 24.4 Å². The lowest BCUT2D eigenvalue weighted by Crippen LogP contribution is -2.55. The molecular weight excluding hydrogens is 360 g/mol. The predicted octanol–water partition coefficient (Wildman–Crippen LogP) is -0.0646. The van der Waals surface area contributed by atoms with Crippen molar-refractivity contribution in [3.63, 3.8) is 0 Å². The van der Waals surface area contributed by atoms with Gasteiger partial charge in [0.25, 0.3) is 0 Å². The minimum Gasteiger partial charge on any atom is -0.369 e. The molecule has 3 heterocycles. The number of likely N-dealkylation sites (tertiary alicyclic amines) is 1. The number of piperazine rings is 1. The van der Waals surface area contributed by atoms with Crippen molar-refractivity contribution in [3.05, 3.63) is 24.4 Å². The maximum absolute atomic E-state index is 12.9.